The molecule has 0 amide bonds. The molecule has 1 atom stereocenters. The van der Waals surface area contributed by atoms with E-state index in [9.17, 15) is 0 Å². The first-order valence-corrected chi connectivity index (χ1v) is 5.11. The van der Waals surface area contributed by atoms with Crippen molar-refractivity contribution < 1.29 is 0 Å². The number of nitrogens with one attached hydrogen (secondary N) is 1. The summed E-state index contributed by atoms with van der Waals surface area (Å²) < 4.78 is 1.83. The van der Waals surface area contributed by atoms with Crippen molar-refractivity contribution in [2.45, 2.75) is 39.3 Å². The Labute approximate surface area is 91.9 Å². The minimum atomic E-state index is -0.290. The molecule has 3 heteroatoms. The number of aromatic nitrogens is 2. The Morgan fingerprint density at radius 2 is 2.20 bits per heavy atom. The van der Waals surface area contributed by atoms with Gasteiger partial charge in [0, 0.05) is 24.8 Å². The van der Waals surface area contributed by atoms with Crippen molar-refractivity contribution in [1.82, 2.24) is 15.1 Å². The molecule has 0 aliphatic rings. The van der Waals surface area contributed by atoms with E-state index in [1.165, 1.54) is 5.56 Å². The first-order valence-electron chi connectivity index (χ1n) is 5.11. The second kappa shape index (κ2) is 4.08. The molecule has 15 heavy (non-hydrogen) atoms. The molecule has 0 radical (unpaired) electrons. The molecule has 1 rings (SSSR count). The second-order valence-corrected chi connectivity index (χ2v) is 4.48. The van der Waals surface area contributed by atoms with Crippen LogP contribution in [-0.4, -0.2) is 15.3 Å². The van der Waals surface area contributed by atoms with Crippen molar-refractivity contribution in [1.29, 1.82) is 0 Å². The van der Waals surface area contributed by atoms with Gasteiger partial charge >= 0.3 is 0 Å². The van der Waals surface area contributed by atoms with E-state index in [-0.39, 0.29) is 11.6 Å². The van der Waals surface area contributed by atoms with E-state index in [0.717, 1.165) is 5.69 Å². The van der Waals surface area contributed by atoms with Gasteiger partial charge in [0.2, 0.25) is 0 Å². The van der Waals surface area contributed by atoms with Crippen LogP contribution in [0.2, 0.25) is 0 Å². The van der Waals surface area contributed by atoms with Gasteiger partial charge in [-0.3, -0.25) is 10.00 Å². The molecule has 1 aromatic heterocycles. The largest absolute Gasteiger partial charge is 0.295 e. The lowest BCUT2D eigenvalue weighted by Crippen LogP contribution is -2.39. The number of rotatable bonds is 3. The normalized spacial score (nSPS) is 13.6. The fourth-order valence-electron chi connectivity index (χ4n) is 1.70. The van der Waals surface area contributed by atoms with Crippen LogP contribution in [0.3, 0.4) is 0 Å². The van der Waals surface area contributed by atoms with E-state index in [1.807, 2.05) is 38.7 Å². The van der Waals surface area contributed by atoms with E-state index in [0.29, 0.717) is 0 Å². The fraction of sp³-hybridized carbons (Fsp3) is 0.583. The maximum absolute atomic E-state index is 5.44. The third-order valence-electron chi connectivity index (χ3n) is 2.46. The maximum atomic E-state index is 5.44. The Hall–Kier alpha value is -1.27. The van der Waals surface area contributed by atoms with Crippen LogP contribution in [0.25, 0.3) is 0 Å². The van der Waals surface area contributed by atoms with E-state index in [4.69, 9.17) is 6.42 Å². The zero-order valence-electron chi connectivity index (χ0n) is 10.1. The van der Waals surface area contributed by atoms with Gasteiger partial charge in [-0.2, -0.15) is 5.10 Å². The lowest BCUT2D eigenvalue weighted by atomic mass is 10.0. The zero-order chi connectivity index (χ0) is 11.6. The molecule has 3 nitrogen and oxygen atoms in total. The summed E-state index contributed by atoms with van der Waals surface area (Å²) in [4.78, 5) is 0. The Kier molecular flexibility index (Phi) is 3.21. The van der Waals surface area contributed by atoms with Gasteiger partial charge in [-0.05, 0) is 27.7 Å². The van der Waals surface area contributed by atoms with Crippen molar-refractivity contribution >= 4 is 0 Å². The monoisotopic (exact) mass is 205 g/mol. The highest BCUT2D eigenvalue weighted by molar-refractivity contribution is 5.21. The SMILES string of the molecule is C#CC(C)(C)NC(C)c1cn(C)nc1C. The average Bonchev–Trinajstić information content (AvgIpc) is 2.45. The van der Waals surface area contributed by atoms with E-state index >= 15 is 0 Å². The van der Waals surface area contributed by atoms with Gasteiger partial charge in [0.05, 0.1) is 11.2 Å². The summed E-state index contributed by atoms with van der Waals surface area (Å²) in [6, 6.07) is 0.213. The summed E-state index contributed by atoms with van der Waals surface area (Å²) in [5, 5.41) is 7.70. The third kappa shape index (κ3) is 2.84. The van der Waals surface area contributed by atoms with Gasteiger partial charge in [-0.25, -0.2) is 0 Å². The van der Waals surface area contributed by atoms with Gasteiger partial charge in [0.15, 0.2) is 0 Å². The van der Waals surface area contributed by atoms with Crippen LogP contribution in [-0.2, 0) is 7.05 Å². The predicted molar refractivity (Wildman–Crippen MR) is 62.4 cm³/mol. The minimum Gasteiger partial charge on any atom is -0.295 e. The zero-order valence-corrected chi connectivity index (χ0v) is 10.1. The molecule has 0 saturated heterocycles. The number of hydrogen-bond acceptors (Lipinski definition) is 2. The molecule has 0 spiro atoms. The minimum absolute atomic E-state index is 0.213. The molecule has 0 aromatic carbocycles. The van der Waals surface area contributed by atoms with Crippen molar-refractivity contribution in [3.63, 3.8) is 0 Å². The smallest absolute Gasteiger partial charge is 0.0745 e. The molecule has 0 aliphatic carbocycles. The highest BCUT2D eigenvalue weighted by Crippen LogP contribution is 2.18. The number of hydrogen-bond donors (Lipinski definition) is 1. The average molecular weight is 205 g/mol. The van der Waals surface area contributed by atoms with Crippen LogP contribution >= 0.6 is 0 Å². The highest BCUT2D eigenvalue weighted by atomic mass is 15.3. The summed E-state index contributed by atoms with van der Waals surface area (Å²) in [6.07, 6.45) is 7.47. The van der Waals surface area contributed by atoms with E-state index in [2.05, 4.69) is 23.3 Å². The maximum Gasteiger partial charge on any atom is 0.0745 e. The molecular weight excluding hydrogens is 186 g/mol. The van der Waals surface area contributed by atoms with Crippen LogP contribution in [0.15, 0.2) is 6.20 Å². The van der Waals surface area contributed by atoms with Crippen molar-refractivity contribution in [2.75, 3.05) is 0 Å². The molecule has 1 unspecified atom stereocenters. The Bertz CT molecular complexity index is 382. The molecule has 1 heterocycles. The molecular formula is C12H19N3. The second-order valence-electron chi connectivity index (χ2n) is 4.48. The van der Waals surface area contributed by atoms with Crippen LogP contribution < -0.4 is 5.32 Å². The lowest BCUT2D eigenvalue weighted by Gasteiger charge is -2.24. The fourth-order valence-corrected chi connectivity index (χ4v) is 1.70. The van der Waals surface area contributed by atoms with Gasteiger partial charge in [0.25, 0.3) is 0 Å². The standard InChI is InChI=1S/C12H19N3/c1-7-12(4,5)13-9(2)11-8-15(6)14-10(11)3/h1,8-9,13H,2-6H3. The number of aryl methyl sites for hydroxylation is 2. The lowest BCUT2D eigenvalue weighted by molar-refractivity contribution is 0.430. The van der Waals surface area contributed by atoms with Crippen LogP contribution in [0.1, 0.15) is 38.1 Å². The summed E-state index contributed by atoms with van der Waals surface area (Å²) in [7, 11) is 1.93. The first kappa shape index (κ1) is 11.8. The summed E-state index contributed by atoms with van der Waals surface area (Å²) >= 11 is 0. The van der Waals surface area contributed by atoms with Gasteiger partial charge in [-0.15, -0.1) is 6.42 Å². The van der Waals surface area contributed by atoms with Gasteiger partial charge in [0.1, 0.15) is 0 Å². The van der Waals surface area contributed by atoms with Crippen LogP contribution in [0.5, 0.6) is 0 Å². The third-order valence-corrected chi connectivity index (χ3v) is 2.46. The molecule has 1 aromatic rings. The Morgan fingerprint density at radius 1 is 1.60 bits per heavy atom. The molecule has 0 bridgehead atoms. The topological polar surface area (TPSA) is 29.9 Å². The molecule has 1 N–H and O–H groups in total. The summed E-state index contributed by atoms with van der Waals surface area (Å²) in [6.45, 7) is 8.10. The van der Waals surface area contributed by atoms with Crippen molar-refractivity contribution in [3.8, 4) is 12.3 Å². The molecule has 0 fully saturated rings. The number of nitrogens with zero attached hydrogens (tertiary/aromatic N) is 2. The molecule has 0 aliphatic heterocycles. The predicted octanol–water partition coefficient (Wildman–Crippen LogP) is 1.79. The molecule has 82 valence electrons. The highest BCUT2D eigenvalue weighted by Gasteiger charge is 2.19. The Balaban J connectivity index is 2.83. The van der Waals surface area contributed by atoms with Crippen LogP contribution in [0, 0.1) is 19.3 Å². The van der Waals surface area contributed by atoms with Gasteiger partial charge in [-0.1, -0.05) is 5.92 Å². The first-order chi connectivity index (χ1) is 6.85. The Morgan fingerprint density at radius 3 is 2.60 bits per heavy atom. The molecule has 0 saturated carbocycles. The van der Waals surface area contributed by atoms with Crippen LogP contribution in [0.4, 0.5) is 0 Å². The quantitative estimate of drug-likeness (QED) is 0.762. The van der Waals surface area contributed by atoms with E-state index in [1.54, 1.807) is 0 Å². The summed E-state index contributed by atoms with van der Waals surface area (Å²) in [5.41, 5.74) is 1.95. The summed E-state index contributed by atoms with van der Waals surface area (Å²) in [5.74, 6) is 2.73. The van der Waals surface area contributed by atoms with E-state index < -0.39 is 0 Å². The number of terminal acetylenes is 1. The van der Waals surface area contributed by atoms with Crippen molar-refractivity contribution in [2.24, 2.45) is 7.05 Å². The van der Waals surface area contributed by atoms with Crippen molar-refractivity contribution in [3.05, 3.63) is 17.5 Å². The van der Waals surface area contributed by atoms with Gasteiger partial charge < -0.3 is 0 Å².